The molecule has 0 radical (unpaired) electrons. The Hall–Kier alpha value is -0.450. The predicted octanol–water partition coefficient (Wildman–Crippen LogP) is 3.22. The van der Waals surface area contributed by atoms with Gasteiger partial charge in [-0.2, -0.15) is 0 Å². The molecule has 0 atom stereocenters. The van der Waals surface area contributed by atoms with Crippen LogP contribution in [0, 0.1) is 6.92 Å². The van der Waals surface area contributed by atoms with Crippen molar-refractivity contribution in [2.75, 3.05) is 6.61 Å². The number of nitrogens with one attached hydrogen (secondary N) is 1. The molecule has 0 saturated carbocycles. The fourth-order valence-corrected chi connectivity index (χ4v) is 2.64. The van der Waals surface area contributed by atoms with Gasteiger partial charge >= 0.3 is 0 Å². The van der Waals surface area contributed by atoms with E-state index in [1.807, 2.05) is 6.92 Å². The minimum Gasteiger partial charge on any atom is -0.369 e. The largest absolute Gasteiger partial charge is 0.369 e. The van der Waals surface area contributed by atoms with Crippen LogP contribution in [0.2, 0.25) is 0 Å². The number of hydrogen-bond acceptors (Lipinski definition) is 4. The zero-order valence-corrected chi connectivity index (χ0v) is 12.6. The number of ether oxygens (including phenoxy) is 1. The van der Waals surface area contributed by atoms with Gasteiger partial charge < -0.3 is 10.1 Å². The number of hydrogen-bond donors (Lipinski definition) is 1. The minimum atomic E-state index is -0.278. The van der Waals surface area contributed by atoms with Crippen molar-refractivity contribution >= 4 is 11.3 Å². The molecule has 1 N–H and O–H groups in total. The Labute approximate surface area is 109 Å². The third-order valence-electron chi connectivity index (χ3n) is 2.58. The number of rotatable bonds is 6. The van der Waals surface area contributed by atoms with Gasteiger partial charge in [-0.3, -0.25) is 0 Å². The van der Waals surface area contributed by atoms with Gasteiger partial charge in [0.15, 0.2) is 0 Å². The Morgan fingerprint density at radius 1 is 1.41 bits per heavy atom. The number of thiazole rings is 1. The Balaban J connectivity index is 2.80. The first-order valence-electron chi connectivity index (χ1n) is 6.21. The quantitative estimate of drug-likeness (QED) is 0.848. The summed E-state index contributed by atoms with van der Waals surface area (Å²) in [5.74, 6) is 0. The molecule has 0 bridgehead atoms. The van der Waals surface area contributed by atoms with Gasteiger partial charge in [-0.25, -0.2) is 4.98 Å². The molecule has 0 saturated heterocycles. The second-order valence-electron chi connectivity index (χ2n) is 5.01. The summed E-state index contributed by atoms with van der Waals surface area (Å²) >= 11 is 1.75. The van der Waals surface area contributed by atoms with Crippen LogP contribution in [0.4, 0.5) is 0 Å². The van der Waals surface area contributed by atoms with E-state index in [1.165, 1.54) is 4.88 Å². The van der Waals surface area contributed by atoms with Crippen LogP contribution in [-0.2, 0) is 16.9 Å². The maximum Gasteiger partial charge on any atom is 0.125 e. The lowest BCUT2D eigenvalue weighted by atomic mass is 10.1. The van der Waals surface area contributed by atoms with Crippen molar-refractivity contribution in [1.29, 1.82) is 0 Å². The number of aryl methyl sites for hydroxylation is 1. The predicted molar refractivity (Wildman–Crippen MR) is 73.5 cm³/mol. The highest BCUT2D eigenvalue weighted by atomic mass is 32.1. The molecular formula is C13H24N2OS. The van der Waals surface area contributed by atoms with E-state index in [0.717, 1.165) is 17.2 Å². The summed E-state index contributed by atoms with van der Waals surface area (Å²) in [4.78, 5) is 5.94. The third kappa shape index (κ3) is 4.05. The van der Waals surface area contributed by atoms with Crippen molar-refractivity contribution in [3.63, 3.8) is 0 Å². The van der Waals surface area contributed by atoms with E-state index in [0.29, 0.717) is 12.6 Å². The van der Waals surface area contributed by atoms with Gasteiger partial charge in [-0.15, -0.1) is 11.3 Å². The van der Waals surface area contributed by atoms with Gasteiger partial charge in [0.2, 0.25) is 0 Å². The number of aromatic nitrogens is 1. The average molecular weight is 256 g/mol. The fraction of sp³-hybridized carbons (Fsp3) is 0.769. The molecular weight excluding hydrogens is 232 g/mol. The monoisotopic (exact) mass is 256 g/mol. The summed E-state index contributed by atoms with van der Waals surface area (Å²) in [5, 5.41) is 4.50. The SMILES string of the molecule is CCOC(C)(C)c1nc(C)c(CNC(C)C)s1. The Morgan fingerprint density at radius 3 is 2.59 bits per heavy atom. The van der Waals surface area contributed by atoms with E-state index in [4.69, 9.17) is 4.74 Å². The van der Waals surface area contributed by atoms with Crippen LogP contribution in [0.3, 0.4) is 0 Å². The zero-order chi connectivity index (χ0) is 13.1. The van der Waals surface area contributed by atoms with Gasteiger partial charge in [0.1, 0.15) is 10.6 Å². The second-order valence-corrected chi connectivity index (χ2v) is 6.09. The van der Waals surface area contributed by atoms with Crippen molar-refractivity contribution in [1.82, 2.24) is 10.3 Å². The molecule has 0 spiro atoms. The first kappa shape index (κ1) is 14.6. The average Bonchev–Trinajstić information content (AvgIpc) is 2.57. The van der Waals surface area contributed by atoms with E-state index in [1.54, 1.807) is 11.3 Å². The van der Waals surface area contributed by atoms with Crippen LogP contribution in [0.5, 0.6) is 0 Å². The lowest BCUT2D eigenvalue weighted by molar-refractivity contribution is -0.0142. The van der Waals surface area contributed by atoms with E-state index in [-0.39, 0.29) is 5.60 Å². The molecule has 0 unspecified atom stereocenters. The van der Waals surface area contributed by atoms with Crippen LogP contribution >= 0.6 is 11.3 Å². The summed E-state index contributed by atoms with van der Waals surface area (Å²) < 4.78 is 5.74. The fourth-order valence-electron chi connectivity index (χ4n) is 1.57. The van der Waals surface area contributed by atoms with Crippen LogP contribution in [0.15, 0.2) is 0 Å². The molecule has 0 aliphatic heterocycles. The summed E-state index contributed by atoms with van der Waals surface area (Å²) in [5.41, 5.74) is 0.839. The van der Waals surface area contributed by atoms with Crippen molar-refractivity contribution in [3.05, 3.63) is 15.6 Å². The maximum atomic E-state index is 5.74. The number of nitrogens with zero attached hydrogens (tertiary/aromatic N) is 1. The molecule has 0 amide bonds. The molecule has 3 nitrogen and oxygen atoms in total. The molecule has 17 heavy (non-hydrogen) atoms. The van der Waals surface area contributed by atoms with Crippen molar-refractivity contribution in [3.8, 4) is 0 Å². The highest BCUT2D eigenvalue weighted by Gasteiger charge is 2.25. The lowest BCUT2D eigenvalue weighted by Gasteiger charge is -2.21. The second kappa shape index (κ2) is 5.94. The molecule has 1 heterocycles. The van der Waals surface area contributed by atoms with Gasteiger partial charge in [0, 0.05) is 24.1 Å². The van der Waals surface area contributed by atoms with E-state index < -0.39 is 0 Å². The minimum absolute atomic E-state index is 0.278. The molecule has 4 heteroatoms. The smallest absolute Gasteiger partial charge is 0.125 e. The zero-order valence-electron chi connectivity index (χ0n) is 11.8. The highest BCUT2D eigenvalue weighted by molar-refractivity contribution is 7.11. The van der Waals surface area contributed by atoms with Gasteiger partial charge in [0.25, 0.3) is 0 Å². The molecule has 1 rings (SSSR count). The standard InChI is InChI=1S/C13H24N2OS/c1-7-16-13(5,6)12-15-10(4)11(17-12)8-14-9(2)3/h9,14H,7-8H2,1-6H3. The first-order valence-corrected chi connectivity index (χ1v) is 7.02. The van der Waals surface area contributed by atoms with Crippen LogP contribution < -0.4 is 5.32 Å². The van der Waals surface area contributed by atoms with Crippen LogP contribution in [-0.4, -0.2) is 17.6 Å². The van der Waals surface area contributed by atoms with Crippen molar-refractivity contribution in [2.45, 2.75) is 59.7 Å². The van der Waals surface area contributed by atoms with Gasteiger partial charge in [-0.05, 0) is 27.7 Å². The van der Waals surface area contributed by atoms with Gasteiger partial charge in [0.05, 0.1) is 5.69 Å². The molecule has 0 fully saturated rings. The summed E-state index contributed by atoms with van der Waals surface area (Å²) in [7, 11) is 0. The summed E-state index contributed by atoms with van der Waals surface area (Å²) in [6, 6.07) is 0.500. The summed E-state index contributed by atoms with van der Waals surface area (Å²) in [6.45, 7) is 14.2. The van der Waals surface area contributed by atoms with E-state index in [9.17, 15) is 0 Å². The molecule has 1 aromatic heterocycles. The molecule has 0 aliphatic rings. The maximum absolute atomic E-state index is 5.74. The Bertz CT molecular complexity index is 358. The van der Waals surface area contributed by atoms with Crippen molar-refractivity contribution < 1.29 is 4.74 Å². The van der Waals surface area contributed by atoms with Crippen LogP contribution in [0.1, 0.15) is 50.2 Å². The first-order chi connectivity index (χ1) is 7.86. The van der Waals surface area contributed by atoms with Crippen molar-refractivity contribution in [2.24, 2.45) is 0 Å². The Kier molecular flexibility index (Phi) is 5.10. The normalized spacial score (nSPS) is 12.4. The Morgan fingerprint density at radius 2 is 2.06 bits per heavy atom. The third-order valence-corrected chi connectivity index (χ3v) is 4.05. The lowest BCUT2D eigenvalue weighted by Crippen LogP contribution is -2.21. The van der Waals surface area contributed by atoms with E-state index >= 15 is 0 Å². The summed E-state index contributed by atoms with van der Waals surface area (Å²) in [6.07, 6.45) is 0. The highest BCUT2D eigenvalue weighted by Crippen LogP contribution is 2.30. The molecule has 98 valence electrons. The van der Waals surface area contributed by atoms with Gasteiger partial charge in [-0.1, -0.05) is 13.8 Å². The molecule has 1 aromatic rings. The van der Waals surface area contributed by atoms with E-state index in [2.05, 4.69) is 44.9 Å². The molecule has 0 aromatic carbocycles. The topological polar surface area (TPSA) is 34.1 Å². The molecule has 0 aliphatic carbocycles. The van der Waals surface area contributed by atoms with Crippen LogP contribution in [0.25, 0.3) is 0 Å².